The van der Waals surface area contributed by atoms with E-state index in [0.717, 1.165) is 24.3 Å². The number of nitrogens with zero attached hydrogens (tertiary/aromatic N) is 1. The van der Waals surface area contributed by atoms with Gasteiger partial charge in [-0.1, -0.05) is 0 Å². The van der Waals surface area contributed by atoms with Crippen molar-refractivity contribution in [3.63, 3.8) is 0 Å². The van der Waals surface area contributed by atoms with Gasteiger partial charge in [0.1, 0.15) is 5.82 Å². The molecule has 114 valence electrons. The summed E-state index contributed by atoms with van der Waals surface area (Å²) in [5.41, 5.74) is 0. The highest BCUT2D eigenvalue weighted by atomic mass is 32.2. The van der Waals surface area contributed by atoms with Crippen LogP contribution < -0.4 is 0 Å². The number of fused-ring (bicyclic) bond motifs is 1. The van der Waals surface area contributed by atoms with E-state index < -0.39 is 0 Å². The zero-order valence-electron chi connectivity index (χ0n) is 11.9. The molecule has 21 heavy (non-hydrogen) atoms. The van der Waals surface area contributed by atoms with Crippen LogP contribution in [0.3, 0.4) is 0 Å². The monoisotopic (exact) mass is 309 g/mol. The van der Waals surface area contributed by atoms with Crippen molar-refractivity contribution in [2.75, 3.05) is 18.8 Å². The molecule has 3 nitrogen and oxygen atoms in total. The number of benzene rings is 1. The van der Waals surface area contributed by atoms with Gasteiger partial charge in [0, 0.05) is 36.1 Å². The summed E-state index contributed by atoms with van der Waals surface area (Å²) in [7, 11) is 0. The SMILES string of the molecule is O=C(CCSc1ccc(F)cc1)N1CC2CCC(O)C2C1. The van der Waals surface area contributed by atoms with Crippen molar-refractivity contribution in [2.45, 2.75) is 30.3 Å². The number of aliphatic hydroxyl groups is 1. The Labute approximate surface area is 128 Å². The molecular formula is C16H20FNO2S. The maximum absolute atomic E-state index is 12.8. The highest BCUT2D eigenvalue weighted by Gasteiger charge is 2.42. The van der Waals surface area contributed by atoms with Crippen LogP contribution in [-0.4, -0.2) is 40.9 Å². The quantitative estimate of drug-likeness (QED) is 0.869. The minimum atomic E-state index is -0.238. The molecule has 0 radical (unpaired) electrons. The van der Waals surface area contributed by atoms with E-state index in [1.165, 1.54) is 12.1 Å². The van der Waals surface area contributed by atoms with E-state index >= 15 is 0 Å². The zero-order chi connectivity index (χ0) is 14.8. The van der Waals surface area contributed by atoms with Crippen molar-refractivity contribution in [3.05, 3.63) is 30.1 Å². The third kappa shape index (κ3) is 3.40. The molecule has 0 bridgehead atoms. The number of carbonyl (C=O) groups is 1. The number of hydrogen-bond acceptors (Lipinski definition) is 3. The summed E-state index contributed by atoms with van der Waals surface area (Å²) in [6.07, 6.45) is 2.20. The van der Waals surface area contributed by atoms with Crippen LogP contribution in [0.1, 0.15) is 19.3 Å². The lowest BCUT2D eigenvalue weighted by molar-refractivity contribution is -0.130. The molecule has 1 N–H and O–H groups in total. The molecule has 2 fully saturated rings. The Balaban J connectivity index is 1.44. The molecule has 3 rings (SSSR count). The van der Waals surface area contributed by atoms with Gasteiger partial charge in [-0.05, 0) is 43.0 Å². The second kappa shape index (κ2) is 6.36. The van der Waals surface area contributed by atoms with Gasteiger partial charge in [0.2, 0.25) is 5.91 Å². The van der Waals surface area contributed by atoms with Crippen LogP contribution >= 0.6 is 11.8 Å². The van der Waals surface area contributed by atoms with E-state index in [1.54, 1.807) is 23.9 Å². The fourth-order valence-corrected chi connectivity index (χ4v) is 4.23. The molecule has 5 heteroatoms. The first-order valence-corrected chi connectivity index (χ1v) is 8.46. The van der Waals surface area contributed by atoms with Crippen LogP contribution in [0.4, 0.5) is 4.39 Å². The Bertz CT molecular complexity index is 508. The molecule has 3 unspecified atom stereocenters. The van der Waals surface area contributed by atoms with Crippen LogP contribution in [-0.2, 0) is 4.79 Å². The van der Waals surface area contributed by atoms with E-state index in [0.29, 0.717) is 30.6 Å². The summed E-state index contributed by atoms with van der Waals surface area (Å²) in [5.74, 6) is 1.43. The Morgan fingerprint density at radius 3 is 2.76 bits per heavy atom. The maximum atomic E-state index is 12.8. The first-order valence-electron chi connectivity index (χ1n) is 7.47. The summed E-state index contributed by atoms with van der Waals surface area (Å²) >= 11 is 1.57. The molecule has 1 heterocycles. The highest BCUT2D eigenvalue weighted by molar-refractivity contribution is 7.99. The number of aliphatic hydroxyl groups excluding tert-OH is 1. The summed E-state index contributed by atoms with van der Waals surface area (Å²) in [4.78, 5) is 15.1. The van der Waals surface area contributed by atoms with E-state index in [-0.39, 0.29) is 17.8 Å². The average Bonchev–Trinajstić information content (AvgIpc) is 3.04. The van der Waals surface area contributed by atoms with Gasteiger partial charge >= 0.3 is 0 Å². The molecule has 1 amide bonds. The number of amides is 1. The van der Waals surface area contributed by atoms with E-state index in [2.05, 4.69) is 0 Å². The van der Waals surface area contributed by atoms with Crippen LogP contribution in [0.25, 0.3) is 0 Å². The van der Waals surface area contributed by atoms with Crippen molar-refractivity contribution >= 4 is 17.7 Å². The van der Waals surface area contributed by atoms with Crippen molar-refractivity contribution in [1.82, 2.24) is 4.90 Å². The largest absolute Gasteiger partial charge is 0.393 e. The third-order valence-electron chi connectivity index (χ3n) is 4.57. The molecule has 1 aromatic carbocycles. The Kier molecular flexibility index (Phi) is 4.50. The van der Waals surface area contributed by atoms with Crippen LogP contribution in [0.15, 0.2) is 29.2 Å². The standard InChI is InChI=1S/C16H20FNO2S/c17-12-2-4-13(5-3-12)21-8-7-16(20)18-9-11-1-6-15(19)14(11)10-18/h2-5,11,14-15,19H,1,6-10H2. The minimum Gasteiger partial charge on any atom is -0.393 e. The molecule has 3 atom stereocenters. The fourth-order valence-electron chi connectivity index (χ4n) is 3.39. The molecule has 0 spiro atoms. The second-order valence-electron chi connectivity index (χ2n) is 5.92. The lowest BCUT2D eigenvalue weighted by Crippen LogP contribution is -2.31. The smallest absolute Gasteiger partial charge is 0.223 e. The molecule has 2 aliphatic rings. The Hall–Kier alpha value is -1.07. The summed E-state index contributed by atoms with van der Waals surface area (Å²) in [5, 5.41) is 9.87. The average molecular weight is 309 g/mol. The minimum absolute atomic E-state index is 0.172. The highest BCUT2D eigenvalue weighted by Crippen LogP contribution is 2.38. The van der Waals surface area contributed by atoms with Gasteiger partial charge in [-0.3, -0.25) is 4.79 Å². The van der Waals surface area contributed by atoms with Crippen molar-refractivity contribution in [1.29, 1.82) is 0 Å². The lowest BCUT2D eigenvalue weighted by atomic mass is 10.00. The van der Waals surface area contributed by atoms with E-state index in [1.807, 2.05) is 4.90 Å². The summed E-state index contributed by atoms with van der Waals surface area (Å²) in [6, 6.07) is 6.35. The number of thioether (sulfide) groups is 1. The van der Waals surface area contributed by atoms with Gasteiger partial charge in [0.15, 0.2) is 0 Å². The normalized spacial score (nSPS) is 27.9. The first-order chi connectivity index (χ1) is 10.1. The third-order valence-corrected chi connectivity index (χ3v) is 5.58. The number of halogens is 1. The number of rotatable bonds is 4. The van der Waals surface area contributed by atoms with Crippen molar-refractivity contribution in [2.24, 2.45) is 11.8 Å². The molecule has 1 aliphatic heterocycles. The number of hydrogen-bond donors (Lipinski definition) is 1. The van der Waals surface area contributed by atoms with Crippen molar-refractivity contribution in [3.8, 4) is 0 Å². The first kappa shape index (κ1) is 14.9. The van der Waals surface area contributed by atoms with E-state index in [9.17, 15) is 14.3 Å². The van der Waals surface area contributed by atoms with Gasteiger partial charge < -0.3 is 10.0 Å². The molecule has 1 aliphatic carbocycles. The molecule has 1 saturated heterocycles. The van der Waals surface area contributed by atoms with Crippen LogP contribution in [0.2, 0.25) is 0 Å². The van der Waals surface area contributed by atoms with Gasteiger partial charge in [-0.25, -0.2) is 4.39 Å². The van der Waals surface area contributed by atoms with Crippen molar-refractivity contribution < 1.29 is 14.3 Å². The second-order valence-corrected chi connectivity index (χ2v) is 7.09. The molecule has 1 saturated carbocycles. The number of likely N-dealkylation sites (tertiary alicyclic amines) is 1. The zero-order valence-corrected chi connectivity index (χ0v) is 12.7. The van der Waals surface area contributed by atoms with Crippen LogP contribution in [0.5, 0.6) is 0 Å². The van der Waals surface area contributed by atoms with E-state index in [4.69, 9.17) is 0 Å². The predicted octanol–water partition coefficient (Wildman–Crippen LogP) is 2.54. The topological polar surface area (TPSA) is 40.5 Å². The number of carbonyl (C=O) groups excluding carboxylic acids is 1. The molecule has 1 aromatic rings. The van der Waals surface area contributed by atoms with Gasteiger partial charge in [0.25, 0.3) is 0 Å². The predicted molar refractivity (Wildman–Crippen MR) is 80.5 cm³/mol. The van der Waals surface area contributed by atoms with Gasteiger partial charge in [0.05, 0.1) is 6.10 Å². The Morgan fingerprint density at radius 1 is 1.29 bits per heavy atom. The molecule has 0 aromatic heterocycles. The fraction of sp³-hybridized carbons (Fsp3) is 0.562. The Morgan fingerprint density at radius 2 is 2.05 bits per heavy atom. The summed E-state index contributed by atoms with van der Waals surface area (Å²) in [6.45, 7) is 1.52. The van der Waals surface area contributed by atoms with Crippen LogP contribution in [0, 0.1) is 17.7 Å². The molecular weight excluding hydrogens is 289 g/mol. The van der Waals surface area contributed by atoms with Gasteiger partial charge in [-0.2, -0.15) is 0 Å². The maximum Gasteiger partial charge on any atom is 0.223 e. The lowest BCUT2D eigenvalue weighted by Gasteiger charge is -2.18. The van der Waals surface area contributed by atoms with Gasteiger partial charge in [-0.15, -0.1) is 11.8 Å². The summed E-state index contributed by atoms with van der Waals surface area (Å²) < 4.78 is 12.8.